The molecule has 0 radical (unpaired) electrons. The van der Waals surface area contributed by atoms with Gasteiger partial charge in [-0.05, 0) is 32.0 Å². The number of hydrogen-bond donors (Lipinski definition) is 1. The van der Waals surface area contributed by atoms with Crippen LogP contribution in [0, 0.1) is 13.8 Å². The van der Waals surface area contributed by atoms with Crippen LogP contribution >= 0.6 is 11.6 Å². The highest BCUT2D eigenvalue weighted by Gasteiger charge is 2.35. The van der Waals surface area contributed by atoms with Gasteiger partial charge >= 0.3 is 6.18 Å². The van der Waals surface area contributed by atoms with Crippen LogP contribution in [-0.4, -0.2) is 30.3 Å². The molecule has 1 aromatic carbocycles. The van der Waals surface area contributed by atoms with Gasteiger partial charge in [0, 0.05) is 41.5 Å². The van der Waals surface area contributed by atoms with Crippen LogP contribution in [0.15, 0.2) is 36.4 Å². The summed E-state index contributed by atoms with van der Waals surface area (Å²) in [5.74, 6) is -0.612. The van der Waals surface area contributed by atoms with Crippen LogP contribution in [-0.2, 0) is 19.8 Å². The van der Waals surface area contributed by atoms with Crippen molar-refractivity contribution < 1.29 is 18.0 Å². The number of amides is 1. The minimum absolute atomic E-state index is 0.0926. The third-order valence-corrected chi connectivity index (χ3v) is 5.43. The summed E-state index contributed by atoms with van der Waals surface area (Å²) < 4.78 is 43.5. The molecule has 11 heteroatoms. The first-order valence-electron chi connectivity index (χ1n) is 9.56. The molecule has 3 heterocycles. The predicted molar refractivity (Wildman–Crippen MR) is 112 cm³/mol. The average molecular weight is 463 g/mol. The van der Waals surface area contributed by atoms with Crippen LogP contribution in [0.2, 0.25) is 5.02 Å². The molecule has 4 aromatic rings. The third-order valence-electron chi connectivity index (χ3n) is 5.17. The second-order valence-electron chi connectivity index (χ2n) is 7.29. The smallest absolute Gasteiger partial charge is 0.346 e. The summed E-state index contributed by atoms with van der Waals surface area (Å²) in [4.78, 5) is 16.9. The van der Waals surface area contributed by atoms with Gasteiger partial charge in [0.1, 0.15) is 0 Å². The molecule has 0 bridgehead atoms. The largest absolute Gasteiger partial charge is 0.433 e. The maximum atomic E-state index is 13.7. The summed E-state index contributed by atoms with van der Waals surface area (Å²) in [7, 11) is 1.79. The molecule has 166 valence electrons. The van der Waals surface area contributed by atoms with Crippen LogP contribution < -0.4 is 5.32 Å². The molecule has 0 aliphatic rings. The van der Waals surface area contributed by atoms with Crippen molar-refractivity contribution in [1.29, 1.82) is 0 Å². The quantitative estimate of drug-likeness (QED) is 0.489. The Hall–Kier alpha value is -3.40. The van der Waals surface area contributed by atoms with Crippen molar-refractivity contribution in [3.63, 3.8) is 0 Å². The highest BCUT2D eigenvalue weighted by molar-refractivity contribution is 6.30. The first-order valence-corrected chi connectivity index (χ1v) is 9.93. The Labute approximate surface area is 185 Å². The van der Waals surface area contributed by atoms with Crippen molar-refractivity contribution in [2.45, 2.75) is 26.6 Å². The maximum absolute atomic E-state index is 13.7. The summed E-state index contributed by atoms with van der Waals surface area (Å²) in [5, 5.41) is 11.3. The molecule has 0 spiro atoms. The van der Waals surface area contributed by atoms with E-state index in [0.717, 1.165) is 23.0 Å². The molecule has 0 atom stereocenters. The second-order valence-corrected chi connectivity index (χ2v) is 7.72. The first-order chi connectivity index (χ1) is 15.0. The van der Waals surface area contributed by atoms with Crippen LogP contribution in [0.5, 0.6) is 0 Å². The Morgan fingerprint density at radius 1 is 1.12 bits per heavy atom. The summed E-state index contributed by atoms with van der Waals surface area (Å²) in [5.41, 5.74) is 1.72. The fourth-order valence-electron chi connectivity index (χ4n) is 3.39. The van der Waals surface area contributed by atoms with Gasteiger partial charge in [0.05, 0.1) is 11.4 Å². The number of alkyl halides is 3. The highest BCUT2D eigenvalue weighted by atomic mass is 35.5. The zero-order chi connectivity index (χ0) is 23.2. The van der Waals surface area contributed by atoms with Crippen molar-refractivity contribution in [1.82, 2.24) is 29.7 Å². The Morgan fingerprint density at radius 2 is 1.81 bits per heavy atom. The highest BCUT2D eigenvalue weighted by Crippen LogP contribution is 2.32. The number of carbonyl (C=O) groups excluding carboxylic acids is 1. The lowest BCUT2D eigenvalue weighted by Crippen LogP contribution is -2.24. The molecule has 4 rings (SSSR count). The lowest BCUT2D eigenvalue weighted by molar-refractivity contribution is -0.142. The lowest BCUT2D eigenvalue weighted by Gasteiger charge is -2.11. The fraction of sp³-hybridized carbons (Fsp3) is 0.238. The monoisotopic (exact) mass is 462 g/mol. The van der Waals surface area contributed by atoms with Crippen LogP contribution in [0.25, 0.3) is 16.9 Å². The van der Waals surface area contributed by atoms with Gasteiger partial charge in [0.25, 0.3) is 5.91 Å². The average Bonchev–Trinajstić information content (AvgIpc) is 3.26. The molecule has 0 saturated carbocycles. The molecule has 3 aromatic heterocycles. The molecule has 0 aliphatic carbocycles. The SMILES string of the molecule is Cc1nn(C)c(C)c1CNC(=O)c1cc2nc(-c3ccc(Cl)cc3)cc(C(F)(F)F)n2n1. The number of benzene rings is 1. The number of aryl methyl sites for hydroxylation is 2. The van der Waals surface area contributed by atoms with E-state index >= 15 is 0 Å². The predicted octanol–water partition coefficient (Wildman–Crippen LogP) is 4.35. The number of aromatic nitrogens is 5. The van der Waals surface area contributed by atoms with Crippen molar-refractivity contribution in [2.24, 2.45) is 7.05 Å². The van der Waals surface area contributed by atoms with E-state index in [-0.39, 0.29) is 23.6 Å². The number of fused-ring (bicyclic) bond motifs is 1. The van der Waals surface area contributed by atoms with Gasteiger partial charge < -0.3 is 5.32 Å². The van der Waals surface area contributed by atoms with Crippen LogP contribution in [0.4, 0.5) is 13.2 Å². The summed E-state index contributed by atoms with van der Waals surface area (Å²) in [6.45, 7) is 3.86. The molecular weight excluding hydrogens is 445 g/mol. The number of nitrogens with zero attached hydrogens (tertiary/aromatic N) is 5. The normalized spacial score (nSPS) is 11.8. The van der Waals surface area contributed by atoms with E-state index in [1.54, 1.807) is 36.0 Å². The summed E-state index contributed by atoms with van der Waals surface area (Å²) in [6.07, 6.45) is -4.70. The minimum atomic E-state index is -4.70. The Bertz CT molecular complexity index is 1320. The molecule has 0 saturated heterocycles. The van der Waals surface area contributed by atoms with Crippen LogP contribution in [0.3, 0.4) is 0 Å². The van der Waals surface area contributed by atoms with E-state index in [1.165, 1.54) is 6.07 Å². The molecule has 1 N–H and O–H groups in total. The van der Waals surface area contributed by atoms with E-state index in [1.807, 2.05) is 13.8 Å². The van der Waals surface area contributed by atoms with Gasteiger partial charge in [0.2, 0.25) is 0 Å². The Morgan fingerprint density at radius 3 is 2.41 bits per heavy atom. The number of carbonyl (C=O) groups is 1. The molecule has 1 amide bonds. The van der Waals surface area contributed by atoms with Gasteiger partial charge in [-0.15, -0.1) is 0 Å². The fourth-order valence-corrected chi connectivity index (χ4v) is 3.51. The van der Waals surface area contributed by atoms with E-state index < -0.39 is 17.8 Å². The van der Waals surface area contributed by atoms with E-state index in [0.29, 0.717) is 15.1 Å². The van der Waals surface area contributed by atoms with Gasteiger partial charge in [-0.2, -0.15) is 23.4 Å². The van der Waals surface area contributed by atoms with Crippen molar-refractivity contribution in [2.75, 3.05) is 0 Å². The number of rotatable bonds is 4. The van der Waals surface area contributed by atoms with E-state index in [9.17, 15) is 18.0 Å². The zero-order valence-electron chi connectivity index (χ0n) is 17.3. The molecule has 0 unspecified atom stereocenters. The van der Waals surface area contributed by atoms with Crippen molar-refractivity contribution >= 4 is 23.2 Å². The van der Waals surface area contributed by atoms with E-state index in [2.05, 4.69) is 20.5 Å². The number of halogens is 4. The maximum Gasteiger partial charge on any atom is 0.433 e. The van der Waals surface area contributed by atoms with Gasteiger partial charge in [0.15, 0.2) is 17.0 Å². The molecular formula is C21H18ClF3N6O. The molecule has 0 fully saturated rings. The second kappa shape index (κ2) is 7.94. The standard InChI is InChI=1S/C21H18ClF3N6O/c1-11-15(12(2)30(3)28-11)10-26-20(32)17-9-19-27-16(13-4-6-14(22)7-5-13)8-18(21(23,24)25)31(19)29-17/h4-9H,10H2,1-3H3,(H,26,32). The van der Waals surface area contributed by atoms with Gasteiger partial charge in [-0.3, -0.25) is 9.48 Å². The summed E-state index contributed by atoms with van der Waals surface area (Å²) in [6, 6.07) is 8.40. The molecule has 32 heavy (non-hydrogen) atoms. The Kier molecular flexibility index (Phi) is 5.41. The number of nitrogens with one attached hydrogen (secondary N) is 1. The van der Waals surface area contributed by atoms with Crippen molar-refractivity contribution in [3.8, 4) is 11.3 Å². The topological polar surface area (TPSA) is 77.1 Å². The van der Waals surface area contributed by atoms with Gasteiger partial charge in [-0.25, -0.2) is 9.50 Å². The third kappa shape index (κ3) is 4.05. The summed E-state index contributed by atoms with van der Waals surface area (Å²) >= 11 is 5.87. The first kappa shape index (κ1) is 21.8. The van der Waals surface area contributed by atoms with Crippen LogP contribution in [0.1, 0.15) is 33.1 Å². The van der Waals surface area contributed by atoms with E-state index in [4.69, 9.17) is 11.6 Å². The zero-order valence-corrected chi connectivity index (χ0v) is 18.1. The molecule has 0 aliphatic heterocycles. The molecule has 7 nitrogen and oxygen atoms in total. The Balaban J connectivity index is 1.70. The van der Waals surface area contributed by atoms with Gasteiger partial charge in [-0.1, -0.05) is 23.7 Å². The number of hydrogen-bond acceptors (Lipinski definition) is 4. The minimum Gasteiger partial charge on any atom is -0.346 e. The van der Waals surface area contributed by atoms with Crippen molar-refractivity contribution in [3.05, 3.63) is 69.8 Å². The lowest BCUT2D eigenvalue weighted by atomic mass is 10.1.